The number of hydrogen-bond acceptors (Lipinski definition) is 5. The molecule has 0 radical (unpaired) electrons. The highest BCUT2D eigenvalue weighted by Crippen LogP contribution is 2.35. The second-order valence-electron chi connectivity index (χ2n) is 10.2. The fourth-order valence-corrected chi connectivity index (χ4v) is 5.47. The van der Waals surface area contributed by atoms with Crippen molar-refractivity contribution in [3.8, 4) is 5.75 Å². The minimum atomic E-state index is -0.857. The van der Waals surface area contributed by atoms with Crippen molar-refractivity contribution in [2.75, 3.05) is 6.54 Å². The SMILES string of the molecule is CCC1CN(Cc2cc(C(CC(=O)O)c3ccc4c(nnn4C)c3C)ccc2C)Cc2cccc(F)c2O1. The Morgan fingerprint density at radius 2 is 2.03 bits per heavy atom. The third-order valence-electron chi connectivity index (χ3n) is 7.65. The standard InChI is InChI=1S/C30H33FN4O3/c1-5-23-17-35(15-21-7-6-8-26(31)30(21)38-23)16-22-13-20(10-9-18(22)2)25(14-28(36)37)24-11-12-27-29(19(24)3)32-33-34(27)4/h6-13,23,25H,5,14-17H2,1-4H3,(H,36,37). The first kappa shape index (κ1) is 25.9. The average molecular weight is 517 g/mol. The molecule has 2 heterocycles. The number of ether oxygens (including phenoxy) is 1. The topological polar surface area (TPSA) is 80.5 Å². The van der Waals surface area contributed by atoms with E-state index in [1.807, 2.05) is 45.2 Å². The Balaban J connectivity index is 1.50. The first-order valence-electron chi connectivity index (χ1n) is 13.0. The number of fused-ring (bicyclic) bond motifs is 2. The molecule has 1 N–H and O–H groups in total. The van der Waals surface area contributed by atoms with Crippen molar-refractivity contribution in [2.45, 2.75) is 58.7 Å². The summed E-state index contributed by atoms with van der Waals surface area (Å²) >= 11 is 0. The Morgan fingerprint density at radius 1 is 1.21 bits per heavy atom. The van der Waals surface area contributed by atoms with E-state index in [0.29, 0.717) is 25.4 Å². The molecule has 1 aliphatic heterocycles. The number of rotatable bonds is 7. The summed E-state index contributed by atoms with van der Waals surface area (Å²) in [5.41, 5.74) is 7.61. The van der Waals surface area contributed by atoms with E-state index in [1.165, 1.54) is 6.07 Å². The number of aliphatic carboxylic acids is 1. The number of nitrogens with zero attached hydrogens (tertiary/aromatic N) is 4. The van der Waals surface area contributed by atoms with Crippen LogP contribution >= 0.6 is 0 Å². The summed E-state index contributed by atoms with van der Waals surface area (Å²) in [4.78, 5) is 14.3. The van der Waals surface area contributed by atoms with E-state index in [2.05, 4.69) is 34.3 Å². The molecule has 5 rings (SSSR count). The predicted octanol–water partition coefficient (Wildman–Crippen LogP) is 5.50. The molecule has 0 fully saturated rings. The average Bonchev–Trinajstić information content (AvgIpc) is 3.16. The van der Waals surface area contributed by atoms with Crippen molar-refractivity contribution >= 4 is 17.0 Å². The number of halogens is 1. The molecule has 0 saturated carbocycles. The van der Waals surface area contributed by atoms with Gasteiger partial charge in [0.25, 0.3) is 0 Å². The van der Waals surface area contributed by atoms with Gasteiger partial charge in [-0.25, -0.2) is 9.07 Å². The molecule has 0 amide bonds. The van der Waals surface area contributed by atoms with Gasteiger partial charge in [-0.2, -0.15) is 0 Å². The first-order valence-corrected chi connectivity index (χ1v) is 13.0. The van der Waals surface area contributed by atoms with E-state index in [0.717, 1.165) is 50.8 Å². The molecule has 3 aromatic carbocycles. The summed E-state index contributed by atoms with van der Waals surface area (Å²) in [6, 6.07) is 15.3. The highest BCUT2D eigenvalue weighted by Gasteiger charge is 2.26. The summed E-state index contributed by atoms with van der Waals surface area (Å²) in [5, 5.41) is 18.3. The lowest BCUT2D eigenvalue weighted by Crippen LogP contribution is -2.32. The van der Waals surface area contributed by atoms with E-state index in [9.17, 15) is 14.3 Å². The van der Waals surface area contributed by atoms with Gasteiger partial charge in [0.15, 0.2) is 11.6 Å². The maximum atomic E-state index is 14.5. The van der Waals surface area contributed by atoms with Crippen LogP contribution in [0.1, 0.15) is 59.1 Å². The van der Waals surface area contributed by atoms with E-state index in [1.54, 1.807) is 10.7 Å². The molecule has 2 atom stereocenters. The number of carbonyl (C=O) groups is 1. The van der Waals surface area contributed by atoms with Gasteiger partial charge < -0.3 is 9.84 Å². The fraction of sp³-hybridized carbons (Fsp3) is 0.367. The van der Waals surface area contributed by atoms with Crippen LogP contribution in [0.5, 0.6) is 5.75 Å². The van der Waals surface area contributed by atoms with Crippen LogP contribution in [-0.4, -0.2) is 43.6 Å². The highest BCUT2D eigenvalue weighted by molar-refractivity contribution is 5.80. The summed E-state index contributed by atoms with van der Waals surface area (Å²) < 4.78 is 22.3. The second-order valence-corrected chi connectivity index (χ2v) is 10.2. The number of carboxylic acid groups (broad SMARTS) is 1. The van der Waals surface area contributed by atoms with Gasteiger partial charge in [0.1, 0.15) is 11.6 Å². The third-order valence-corrected chi connectivity index (χ3v) is 7.65. The van der Waals surface area contributed by atoms with Gasteiger partial charge >= 0.3 is 5.97 Å². The quantitative estimate of drug-likeness (QED) is 0.349. The molecule has 38 heavy (non-hydrogen) atoms. The summed E-state index contributed by atoms with van der Waals surface area (Å²) in [5.74, 6) is -1.16. The van der Waals surface area contributed by atoms with Crippen LogP contribution < -0.4 is 4.74 Å². The van der Waals surface area contributed by atoms with E-state index >= 15 is 0 Å². The van der Waals surface area contributed by atoms with Gasteiger partial charge in [0.05, 0.1) is 11.9 Å². The van der Waals surface area contributed by atoms with Crippen LogP contribution in [0, 0.1) is 19.7 Å². The number of carboxylic acids is 1. The zero-order valence-corrected chi connectivity index (χ0v) is 22.2. The molecule has 1 aromatic heterocycles. The van der Waals surface area contributed by atoms with E-state index in [-0.39, 0.29) is 24.3 Å². The molecule has 7 nitrogen and oxygen atoms in total. The predicted molar refractivity (Wildman–Crippen MR) is 144 cm³/mol. The van der Waals surface area contributed by atoms with Crippen molar-refractivity contribution in [3.63, 3.8) is 0 Å². The van der Waals surface area contributed by atoms with Crippen molar-refractivity contribution < 1.29 is 19.0 Å². The fourth-order valence-electron chi connectivity index (χ4n) is 5.47. The molecule has 2 unspecified atom stereocenters. The second kappa shape index (κ2) is 10.5. The van der Waals surface area contributed by atoms with Crippen molar-refractivity contribution in [1.29, 1.82) is 0 Å². The van der Waals surface area contributed by atoms with Crippen molar-refractivity contribution in [2.24, 2.45) is 7.05 Å². The van der Waals surface area contributed by atoms with E-state index in [4.69, 9.17) is 4.74 Å². The maximum Gasteiger partial charge on any atom is 0.304 e. The normalized spacial score (nSPS) is 16.6. The zero-order chi connectivity index (χ0) is 27.0. The number of aryl methyl sites for hydroxylation is 3. The lowest BCUT2D eigenvalue weighted by molar-refractivity contribution is -0.137. The molecule has 0 bridgehead atoms. The lowest BCUT2D eigenvalue weighted by Gasteiger charge is -2.25. The zero-order valence-electron chi connectivity index (χ0n) is 22.2. The van der Waals surface area contributed by atoms with Crippen LogP contribution in [0.15, 0.2) is 48.5 Å². The molecule has 8 heteroatoms. The van der Waals surface area contributed by atoms with Crippen LogP contribution in [0.4, 0.5) is 4.39 Å². The molecule has 4 aromatic rings. The smallest absolute Gasteiger partial charge is 0.304 e. The summed E-state index contributed by atoms with van der Waals surface area (Å²) in [7, 11) is 1.85. The first-order chi connectivity index (χ1) is 18.2. The van der Waals surface area contributed by atoms with Gasteiger partial charge in [-0.3, -0.25) is 9.69 Å². The molecule has 0 spiro atoms. The minimum Gasteiger partial charge on any atom is -0.486 e. The molecule has 0 saturated heterocycles. The van der Waals surface area contributed by atoms with Crippen molar-refractivity contribution in [3.05, 3.63) is 87.7 Å². The molecular weight excluding hydrogens is 483 g/mol. The van der Waals surface area contributed by atoms with Gasteiger partial charge in [0, 0.05) is 38.2 Å². The van der Waals surface area contributed by atoms with Gasteiger partial charge in [-0.1, -0.05) is 48.5 Å². The number of hydrogen-bond donors (Lipinski definition) is 1. The Kier molecular flexibility index (Phi) is 7.17. The van der Waals surface area contributed by atoms with Crippen LogP contribution in [-0.2, 0) is 24.9 Å². The summed E-state index contributed by atoms with van der Waals surface area (Å²) in [6.07, 6.45) is 0.628. The van der Waals surface area contributed by atoms with Gasteiger partial charge in [-0.15, -0.1) is 5.10 Å². The minimum absolute atomic E-state index is 0.0305. The molecule has 0 aliphatic carbocycles. The van der Waals surface area contributed by atoms with Crippen LogP contribution in [0.25, 0.3) is 11.0 Å². The maximum absolute atomic E-state index is 14.5. The van der Waals surface area contributed by atoms with Crippen LogP contribution in [0.3, 0.4) is 0 Å². The number of para-hydroxylation sites is 1. The largest absolute Gasteiger partial charge is 0.486 e. The van der Waals surface area contributed by atoms with E-state index < -0.39 is 5.97 Å². The number of benzene rings is 3. The van der Waals surface area contributed by atoms with Crippen molar-refractivity contribution in [1.82, 2.24) is 19.9 Å². The van der Waals surface area contributed by atoms with Gasteiger partial charge in [-0.05, 0) is 60.2 Å². The monoisotopic (exact) mass is 516 g/mol. The molecule has 1 aliphatic rings. The van der Waals surface area contributed by atoms with Gasteiger partial charge in [0.2, 0.25) is 0 Å². The Hall–Kier alpha value is -3.78. The van der Waals surface area contributed by atoms with Crippen LogP contribution in [0.2, 0.25) is 0 Å². The molecular formula is C30H33FN4O3. The Labute approximate surface area is 221 Å². The molecule has 198 valence electrons. The highest BCUT2D eigenvalue weighted by atomic mass is 19.1. The number of aromatic nitrogens is 3. The Morgan fingerprint density at radius 3 is 2.79 bits per heavy atom. The lowest BCUT2D eigenvalue weighted by atomic mass is 9.84. The Bertz CT molecular complexity index is 1500. The third kappa shape index (κ3) is 5.00. The summed E-state index contributed by atoms with van der Waals surface area (Å²) in [6.45, 7) is 8.00.